The molecule has 58 valence electrons. The largest absolute Gasteiger partial charge is 1.00 e. The third-order valence-electron chi connectivity index (χ3n) is 1.13. The topological polar surface area (TPSA) is 27.6 Å². The first-order valence-electron chi connectivity index (χ1n) is 2.76. The van der Waals surface area contributed by atoms with Gasteiger partial charge in [-0.05, 0) is 0 Å². The second kappa shape index (κ2) is 6.87. The molecular weight excluding hydrogens is 169 g/mol. The maximum absolute atomic E-state index is 3.76. The molecule has 0 atom stereocenters. The maximum atomic E-state index is 3.76. The zero-order valence-corrected chi connectivity index (χ0v) is 7.07. The lowest BCUT2D eigenvalue weighted by Crippen LogP contribution is -3.00. The molecule has 0 amide bonds. The molecule has 0 heterocycles. The third kappa shape index (κ3) is 3.72. The fourth-order valence-corrected chi connectivity index (χ4v) is 0.645. The third-order valence-corrected chi connectivity index (χ3v) is 1.13. The Hall–Kier alpha value is -0.240. The van der Waals surface area contributed by atoms with E-state index in [4.69, 9.17) is 0 Å². The van der Waals surface area contributed by atoms with E-state index in [1.165, 1.54) is 5.56 Å². The average molecular weight is 179 g/mol. The van der Waals surface area contributed by atoms with Gasteiger partial charge in [0.05, 0.1) is 6.54 Å². The van der Waals surface area contributed by atoms with E-state index in [2.05, 4.69) is 17.9 Å². The van der Waals surface area contributed by atoms with E-state index in [0.717, 1.165) is 6.54 Å². The van der Waals surface area contributed by atoms with Crippen LogP contribution in [0.4, 0.5) is 0 Å². The van der Waals surface area contributed by atoms with Crippen LogP contribution in [-0.4, -0.2) is 0 Å². The summed E-state index contributed by atoms with van der Waals surface area (Å²) in [6.45, 7) is 0.890. The van der Waals surface area contributed by atoms with Crippen molar-refractivity contribution in [3.8, 4) is 0 Å². The van der Waals surface area contributed by atoms with Gasteiger partial charge >= 0.3 is 0 Å². The number of hydrogen-bond acceptors (Lipinski definition) is 0. The van der Waals surface area contributed by atoms with Crippen molar-refractivity contribution in [3.05, 3.63) is 35.9 Å². The Morgan fingerprint density at radius 3 is 1.80 bits per heavy atom. The van der Waals surface area contributed by atoms with Gasteiger partial charge in [-0.1, -0.05) is 30.3 Å². The van der Waals surface area contributed by atoms with Crippen molar-refractivity contribution in [2.75, 3.05) is 0 Å². The summed E-state index contributed by atoms with van der Waals surface area (Å²) in [5, 5.41) is 0. The predicted molar refractivity (Wildman–Crippen MR) is 33.0 cm³/mol. The molecule has 0 aliphatic carbocycles. The monoisotopic (exact) mass is 178 g/mol. The highest BCUT2D eigenvalue weighted by Crippen LogP contribution is 1.93. The Kier molecular flexibility index (Phi) is 8.55. The molecule has 0 saturated carbocycles. The molecular formula is C7H10Cl2N-. The summed E-state index contributed by atoms with van der Waals surface area (Å²) >= 11 is 0. The summed E-state index contributed by atoms with van der Waals surface area (Å²) in [5.41, 5.74) is 5.05. The molecule has 0 aliphatic rings. The van der Waals surface area contributed by atoms with E-state index in [1.807, 2.05) is 18.2 Å². The lowest BCUT2D eigenvalue weighted by atomic mass is 10.2. The number of halogens is 2. The zero-order valence-electron chi connectivity index (χ0n) is 5.56. The van der Waals surface area contributed by atoms with Crippen molar-refractivity contribution in [3.63, 3.8) is 0 Å². The molecule has 0 aromatic heterocycles. The van der Waals surface area contributed by atoms with Crippen LogP contribution in [0.3, 0.4) is 0 Å². The van der Waals surface area contributed by atoms with Crippen LogP contribution in [0, 0.1) is 0 Å². The quantitative estimate of drug-likeness (QED) is 0.445. The fraction of sp³-hybridized carbons (Fsp3) is 0.143. The molecule has 3 heteroatoms. The maximum Gasteiger partial charge on any atom is 0.0997 e. The molecule has 0 spiro atoms. The highest BCUT2D eigenvalue weighted by molar-refractivity contribution is 5.12. The Morgan fingerprint density at radius 1 is 1.00 bits per heavy atom. The molecule has 1 aromatic carbocycles. The molecule has 0 aliphatic heterocycles. The van der Waals surface area contributed by atoms with Crippen LogP contribution in [-0.2, 0) is 6.54 Å². The van der Waals surface area contributed by atoms with Crippen LogP contribution >= 0.6 is 0 Å². The van der Waals surface area contributed by atoms with Crippen molar-refractivity contribution >= 4 is 0 Å². The Morgan fingerprint density at radius 2 is 1.50 bits per heavy atom. The molecule has 1 aromatic rings. The van der Waals surface area contributed by atoms with Crippen molar-refractivity contribution in [1.82, 2.24) is 0 Å². The van der Waals surface area contributed by atoms with Crippen LogP contribution in [0.25, 0.3) is 0 Å². The first kappa shape index (κ1) is 12.4. The van der Waals surface area contributed by atoms with Crippen LogP contribution < -0.4 is 30.5 Å². The van der Waals surface area contributed by atoms with Gasteiger partial charge in [-0.25, -0.2) is 0 Å². The summed E-state index contributed by atoms with van der Waals surface area (Å²) in [5.74, 6) is 0. The van der Waals surface area contributed by atoms with E-state index in [1.54, 1.807) is 0 Å². The summed E-state index contributed by atoms with van der Waals surface area (Å²) in [7, 11) is 0. The predicted octanol–water partition coefficient (Wildman–Crippen LogP) is -5.56. The highest BCUT2D eigenvalue weighted by Gasteiger charge is 1.82. The normalized spacial score (nSPS) is 7.30. The van der Waals surface area contributed by atoms with Gasteiger partial charge in [0, 0.05) is 5.56 Å². The molecule has 1 nitrogen and oxygen atoms in total. The minimum Gasteiger partial charge on any atom is -1.00 e. The van der Waals surface area contributed by atoms with E-state index in [0.29, 0.717) is 0 Å². The Bertz CT molecular complexity index is 153. The van der Waals surface area contributed by atoms with E-state index in [-0.39, 0.29) is 24.8 Å². The molecule has 10 heavy (non-hydrogen) atoms. The minimum absolute atomic E-state index is 0. The second-order valence-corrected chi connectivity index (χ2v) is 1.74. The zero-order chi connectivity index (χ0) is 5.82. The second-order valence-electron chi connectivity index (χ2n) is 1.74. The smallest absolute Gasteiger partial charge is 0.0997 e. The van der Waals surface area contributed by atoms with Gasteiger partial charge in [-0.15, -0.1) is 0 Å². The van der Waals surface area contributed by atoms with E-state index >= 15 is 0 Å². The standard InChI is InChI=1S/C7H9N.2ClH/c8-6-7-4-2-1-3-5-7;;/h1-5H,6,8H2;2*1H/p-1. The number of hydrogen-bond donors (Lipinski definition) is 1. The van der Waals surface area contributed by atoms with Crippen LogP contribution in [0.5, 0.6) is 0 Å². The number of rotatable bonds is 1. The van der Waals surface area contributed by atoms with E-state index in [9.17, 15) is 0 Å². The van der Waals surface area contributed by atoms with Crippen molar-refractivity contribution in [2.24, 2.45) is 0 Å². The SMILES string of the molecule is [Cl-].[Cl-].[NH3+]Cc1ccccc1. The summed E-state index contributed by atoms with van der Waals surface area (Å²) < 4.78 is 0. The van der Waals surface area contributed by atoms with Crippen LogP contribution in [0.1, 0.15) is 5.56 Å². The fourth-order valence-electron chi connectivity index (χ4n) is 0.645. The first-order valence-corrected chi connectivity index (χ1v) is 2.76. The minimum atomic E-state index is 0. The van der Waals surface area contributed by atoms with Crippen molar-refractivity contribution in [1.29, 1.82) is 0 Å². The van der Waals surface area contributed by atoms with Crippen LogP contribution in [0.15, 0.2) is 30.3 Å². The molecule has 0 unspecified atom stereocenters. The molecule has 0 fully saturated rings. The first-order chi connectivity index (χ1) is 3.93. The number of benzene rings is 1. The molecule has 0 bridgehead atoms. The van der Waals surface area contributed by atoms with Gasteiger partial charge in [0.1, 0.15) is 0 Å². The molecule has 3 N–H and O–H groups in total. The van der Waals surface area contributed by atoms with Gasteiger partial charge in [0.25, 0.3) is 0 Å². The summed E-state index contributed by atoms with van der Waals surface area (Å²) in [6.07, 6.45) is 0. The van der Waals surface area contributed by atoms with Gasteiger partial charge < -0.3 is 30.5 Å². The molecule has 0 radical (unpaired) electrons. The summed E-state index contributed by atoms with van der Waals surface area (Å²) in [6, 6.07) is 10.2. The van der Waals surface area contributed by atoms with Crippen molar-refractivity contribution in [2.45, 2.75) is 6.54 Å². The summed E-state index contributed by atoms with van der Waals surface area (Å²) in [4.78, 5) is 0. The highest BCUT2D eigenvalue weighted by atomic mass is 35.5. The van der Waals surface area contributed by atoms with Gasteiger partial charge in [0.15, 0.2) is 0 Å². The van der Waals surface area contributed by atoms with Crippen molar-refractivity contribution < 1.29 is 30.5 Å². The average Bonchev–Trinajstić information content (AvgIpc) is 1.90. The molecule has 1 rings (SSSR count). The van der Waals surface area contributed by atoms with Crippen LogP contribution in [0.2, 0.25) is 0 Å². The van der Waals surface area contributed by atoms with E-state index < -0.39 is 0 Å². The van der Waals surface area contributed by atoms with Gasteiger partial charge in [0.2, 0.25) is 0 Å². The van der Waals surface area contributed by atoms with Gasteiger partial charge in [-0.3, -0.25) is 0 Å². The Balaban J connectivity index is 0. The number of quaternary nitrogens is 1. The lowest BCUT2D eigenvalue weighted by Gasteiger charge is -1.87. The molecule has 0 saturated heterocycles. The van der Waals surface area contributed by atoms with Gasteiger partial charge in [-0.2, -0.15) is 0 Å². The Labute approximate surface area is 73.4 Å². The lowest BCUT2D eigenvalue weighted by molar-refractivity contribution is -0.386.